The third-order valence-corrected chi connectivity index (χ3v) is 4.99. The number of ether oxygens (including phenoxy) is 1. The van der Waals surface area contributed by atoms with Crippen molar-refractivity contribution in [3.63, 3.8) is 0 Å². The molecule has 2 heterocycles. The van der Waals surface area contributed by atoms with Gasteiger partial charge in [0, 0.05) is 18.3 Å². The smallest absolute Gasteiger partial charge is 0.328 e. The predicted octanol–water partition coefficient (Wildman–Crippen LogP) is 2.06. The van der Waals surface area contributed by atoms with Crippen molar-refractivity contribution in [2.45, 2.75) is 19.4 Å². The second kappa shape index (κ2) is 6.86. The summed E-state index contributed by atoms with van der Waals surface area (Å²) in [6, 6.07) is 1.01. The maximum absolute atomic E-state index is 12.2. The molecule has 0 aliphatic heterocycles. The number of aromatic amines is 1. The summed E-state index contributed by atoms with van der Waals surface area (Å²) < 4.78 is 5.63. The molecule has 0 spiro atoms. The van der Waals surface area contributed by atoms with E-state index in [4.69, 9.17) is 4.74 Å². The summed E-state index contributed by atoms with van der Waals surface area (Å²) in [5.41, 5.74) is 1.72. The van der Waals surface area contributed by atoms with E-state index in [9.17, 15) is 9.59 Å². The lowest BCUT2D eigenvalue weighted by atomic mass is 10.1. The third kappa shape index (κ3) is 3.92. The second-order valence-corrected chi connectivity index (χ2v) is 6.77. The largest absolute Gasteiger partial charge is 0.467 e. The van der Waals surface area contributed by atoms with E-state index < -0.39 is 12.0 Å². The van der Waals surface area contributed by atoms with Crippen LogP contribution in [-0.2, 0) is 16.0 Å². The molecule has 0 unspecified atom stereocenters. The van der Waals surface area contributed by atoms with Gasteiger partial charge in [0.1, 0.15) is 6.04 Å². The Morgan fingerprint density at radius 2 is 2.33 bits per heavy atom. The van der Waals surface area contributed by atoms with Gasteiger partial charge in [-0.2, -0.15) is 0 Å². The fraction of sp³-hybridized carbons (Fsp3) is 0.308. The Hall–Kier alpha value is -1.67. The number of aromatic nitrogens is 2. The molecular weight excluding hydrogens is 358 g/mol. The lowest BCUT2D eigenvalue weighted by Gasteiger charge is -2.15. The van der Waals surface area contributed by atoms with E-state index >= 15 is 0 Å². The van der Waals surface area contributed by atoms with Crippen LogP contribution in [0.2, 0.25) is 0 Å². The van der Waals surface area contributed by atoms with Gasteiger partial charge in [0.2, 0.25) is 0 Å². The van der Waals surface area contributed by atoms with Gasteiger partial charge in [0.05, 0.1) is 22.1 Å². The monoisotopic (exact) mass is 371 g/mol. The number of nitrogens with one attached hydrogen (secondary N) is 2. The average molecular weight is 372 g/mol. The van der Waals surface area contributed by atoms with Crippen LogP contribution < -0.4 is 5.32 Å². The average Bonchev–Trinajstić information content (AvgIpc) is 3.08. The van der Waals surface area contributed by atoms with Gasteiger partial charge in [-0.3, -0.25) is 4.79 Å². The zero-order chi connectivity index (χ0) is 15.4. The molecule has 0 saturated heterocycles. The molecule has 1 amide bonds. The Balaban J connectivity index is 2.10. The topological polar surface area (TPSA) is 84.1 Å². The Bertz CT molecular complexity index is 620. The summed E-state index contributed by atoms with van der Waals surface area (Å²) in [6.07, 6.45) is 3.42. The Labute approximate surface area is 134 Å². The molecule has 8 heteroatoms. The number of imidazole rings is 1. The molecule has 0 saturated carbocycles. The quantitative estimate of drug-likeness (QED) is 0.787. The van der Waals surface area contributed by atoms with Gasteiger partial charge >= 0.3 is 5.97 Å². The molecule has 112 valence electrons. The zero-order valence-corrected chi connectivity index (χ0v) is 13.9. The van der Waals surface area contributed by atoms with Crippen LogP contribution in [0.15, 0.2) is 22.4 Å². The number of esters is 1. The van der Waals surface area contributed by atoms with E-state index in [1.165, 1.54) is 24.8 Å². The van der Waals surface area contributed by atoms with Crippen LogP contribution in [0.3, 0.4) is 0 Å². The molecule has 2 N–H and O–H groups in total. The molecule has 2 aromatic rings. The number of thiophene rings is 1. The molecule has 1 atom stereocenters. The summed E-state index contributed by atoms with van der Waals surface area (Å²) in [4.78, 5) is 31.3. The lowest BCUT2D eigenvalue weighted by Crippen LogP contribution is -2.42. The number of methoxy groups -OCH3 is 1. The van der Waals surface area contributed by atoms with Gasteiger partial charge in [0.15, 0.2) is 0 Å². The first-order chi connectivity index (χ1) is 10.0. The van der Waals surface area contributed by atoms with Gasteiger partial charge in [-0.1, -0.05) is 0 Å². The number of H-pyrrole nitrogens is 1. The molecule has 0 aliphatic carbocycles. The van der Waals surface area contributed by atoms with E-state index in [-0.39, 0.29) is 5.91 Å². The molecule has 2 aromatic heterocycles. The maximum atomic E-state index is 12.2. The number of carbonyl (C=O) groups excluding carboxylic acids is 2. The molecule has 0 radical (unpaired) electrons. The Kier molecular flexibility index (Phi) is 5.13. The van der Waals surface area contributed by atoms with Crippen molar-refractivity contribution in [2.24, 2.45) is 0 Å². The normalized spacial score (nSPS) is 12.0. The van der Waals surface area contributed by atoms with Gasteiger partial charge in [-0.05, 0) is 34.5 Å². The summed E-state index contributed by atoms with van der Waals surface area (Å²) in [5.74, 6) is -0.797. The van der Waals surface area contributed by atoms with Crippen molar-refractivity contribution >= 4 is 39.1 Å². The first-order valence-electron chi connectivity index (χ1n) is 6.13. The SMILES string of the molecule is COC(=O)[C@H](Cc1cnc[nH]1)NC(=O)c1cc(C)c(Br)s1. The van der Waals surface area contributed by atoms with Crippen molar-refractivity contribution in [1.82, 2.24) is 15.3 Å². The zero-order valence-electron chi connectivity index (χ0n) is 11.5. The first-order valence-corrected chi connectivity index (χ1v) is 7.74. The van der Waals surface area contributed by atoms with Crippen molar-refractivity contribution in [3.8, 4) is 0 Å². The Morgan fingerprint density at radius 3 is 2.86 bits per heavy atom. The predicted molar refractivity (Wildman–Crippen MR) is 82.3 cm³/mol. The number of halogens is 1. The second-order valence-electron chi connectivity index (χ2n) is 4.40. The summed E-state index contributed by atoms with van der Waals surface area (Å²) in [6.45, 7) is 1.90. The summed E-state index contributed by atoms with van der Waals surface area (Å²) in [5, 5.41) is 2.69. The van der Waals surface area contributed by atoms with Gasteiger partial charge < -0.3 is 15.0 Å². The van der Waals surface area contributed by atoms with E-state index in [0.717, 1.165) is 15.0 Å². The van der Waals surface area contributed by atoms with Crippen LogP contribution in [-0.4, -0.2) is 35.0 Å². The van der Waals surface area contributed by atoms with Crippen molar-refractivity contribution in [2.75, 3.05) is 7.11 Å². The molecule has 2 rings (SSSR count). The minimum Gasteiger partial charge on any atom is -0.467 e. The maximum Gasteiger partial charge on any atom is 0.328 e. The standard InChI is InChI=1S/C13H14BrN3O3S/c1-7-3-10(21-11(7)14)12(18)17-9(13(19)20-2)4-8-5-15-6-16-8/h3,5-6,9H,4H2,1-2H3,(H,15,16)(H,17,18)/t9-/m0/s1. The van der Waals surface area contributed by atoms with Crippen LogP contribution in [0.25, 0.3) is 0 Å². The third-order valence-electron chi connectivity index (χ3n) is 2.85. The molecule has 0 fully saturated rings. The van der Waals surface area contributed by atoms with Crippen LogP contribution in [0.5, 0.6) is 0 Å². The van der Waals surface area contributed by atoms with Crippen molar-refractivity contribution < 1.29 is 14.3 Å². The fourth-order valence-electron chi connectivity index (χ4n) is 1.75. The molecule has 0 aliphatic rings. The van der Waals surface area contributed by atoms with Gasteiger partial charge in [-0.25, -0.2) is 9.78 Å². The van der Waals surface area contributed by atoms with Crippen LogP contribution >= 0.6 is 27.3 Å². The highest BCUT2D eigenvalue weighted by atomic mass is 79.9. The van der Waals surface area contributed by atoms with Gasteiger partial charge in [0.25, 0.3) is 5.91 Å². The summed E-state index contributed by atoms with van der Waals surface area (Å²) >= 11 is 4.70. The minimum absolute atomic E-state index is 0.296. The van der Waals surface area contributed by atoms with Crippen LogP contribution in [0.1, 0.15) is 20.9 Å². The van der Waals surface area contributed by atoms with E-state index in [1.807, 2.05) is 6.92 Å². The van der Waals surface area contributed by atoms with Crippen molar-refractivity contribution in [1.29, 1.82) is 0 Å². The van der Waals surface area contributed by atoms with Crippen molar-refractivity contribution in [3.05, 3.63) is 38.5 Å². The first kappa shape index (κ1) is 15.7. The van der Waals surface area contributed by atoms with Gasteiger partial charge in [-0.15, -0.1) is 11.3 Å². The number of nitrogens with zero attached hydrogens (tertiary/aromatic N) is 1. The molecule has 21 heavy (non-hydrogen) atoms. The van der Waals surface area contributed by atoms with E-state index in [1.54, 1.807) is 12.3 Å². The molecular formula is C13H14BrN3O3S. The lowest BCUT2D eigenvalue weighted by molar-refractivity contribution is -0.142. The summed E-state index contributed by atoms with van der Waals surface area (Å²) in [7, 11) is 1.29. The Morgan fingerprint density at radius 1 is 1.57 bits per heavy atom. The number of rotatable bonds is 5. The molecule has 0 bridgehead atoms. The number of hydrogen-bond acceptors (Lipinski definition) is 5. The number of carbonyl (C=O) groups is 2. The minimum atomic E-state index is -0.760. The molecule has 0 aromatic carbocycles. The fourth-order valence-corrected chi connectivity index (χ4v) is 3.19. The van der Waals surface area contributed by atoms with E-state index in [2.05, 4.69) is 31.2 Å². The van der Waals surface area contributed by atoms with E-state index in [0.29, 0.717) is 11.3 Å². The van der Waals surface area contributed by atoms with Crippen LogP contribution in [0.4, 0.5) is 0 Å². The highest BCUT2D eigenvalue weighted by Crippen LogP contribution is 2.27. The number of hydrogen-bond donors (Lipinski definition) is 2. The number of amides is 1. The molecule has 6 nitrogen and oxygen atoms in total. The number of aryl methyl sites for hydroxylation is 1. The van der Waals surface area contributed by atoms with Crippen LogP contribution in [0, 0.1) is 6.92 Å². The highest BCUT2D eigenvalue weighted by molar-refractivity contribution is 9.11. The highest BCUT2D eigenvalue weighted by Gasteiger charge is 2.24.